The van der Waals surface area contributed by atoms with Gasteiger partial charge in [-0.05, 0) is 21.4 Å². The average molecular weight is 151 g/mol. The van der Waals surface area contributed by atoms with Gasteiger partial charge in [-0.15, -0.1) is 0 Å². The lowest BCUT2D eigenvalue weighted by atomic mass is 10.3. The highest BCUT2D eigenvalue weighted by molar-refractivity contribution is 7.26. The minimum absolute atomic E-state index is 0.640. The van der Waals surface area contributed by atoms with Crippen LogP contribution in [0.5, 0.6) is 0 Å². The van der Waals surface area contributed by atoms with Crippen LogP contribution in [0.3, 0.4) is 0 Å². The van der Waals surface area contributed by atoms with Gasteiger partial charge in [-0.3, -0.25) is 0 Å². The summed E-state index contributed by atoms with van der Waals surface area (Å²) in [6.45, 7) is 0. The summed E-state index contributed by atoms with van der Waals surface area (Å²) < 4.78 is 5.22. The third-order valence-electron chi connectivity index (χ3n) is 1.31. The molecule has 0 aliphatic carbocycles. The van der Waals surface area contributed by atoms with Crippen LogP contribution in [-0.4, -0.2) is 4.98 Å². The first-order valence-corrected chi connectivity index (χ1v) is 3.55. The maximum absolute atomic E-state index is 5.22. The van der Waals surface area contributed by atoms with Crippen LogP contribution in [0.2, 0.25) is 0 Å². The van der Waals surface area contributed by atoms with E-state index in [1.54, 1.807) is 0 Å². The Morgan fingerprint density at radius 2 is 2.10 bits per heavy atom. The Labute approximate surface area is 60.5 Å². The molecule has 0 radical (unpaired) electrons. The summed E-state index contributed by atoms with van der Waals surface area (Å²) in [7, 11) is 2.42. The molecule has 0 aliphatic heterocycles. The van der Waals surface area contributed by atoms with Gasteiger partial charge < -0.3 is 4.42 Å². The largest absolute Gasteiger partial charge is 0.437 e. The zero-order valence-electron chi connectivity index (χ0n) is 5.24. The first kappa shape index (κ1) is 5.87. The minimum Gasteiger partial charge on any atom is -0.437 e. The second-order valence-electron chi connectivity index (χ2n) is 2.02. The van der Waals surface area contributed by atoms with E-state index >= 15 is 0 Å². The zero-order chi connectivity index (χ0) is 6.97. The molecule has 3 heteroatoms. The SMILES string of the molecule is Pc1nc2ccccc2o1. The fourth-order valence-electron chi connectivity index (χ4n) is 0.890. The molecule has 2 rings (SSSR count). The van der Waals surface area contributed by atoms with E-state index in [2.05, 4.69) is 14.2 Å². The maximum atomic E-state index is 5.22. The molecule has 1 heterocycles. The molecule has 0 saturated heterocycles. The van der Waals surface area contributed by atoms with E-state index in [0.717, 1.165) is 11.1 Å². The number of rotatable bonds is 0. The highest BCUT2D eigenvalue weighted by atomic mass is 31.0. The number of hydrogen-bond donors (Lipinski definition) is 0. The maximum Gasteiger partial charge on any atom is 0.211 e. The molecule has 0 aliphatic rings. The van der Waals surface area contributed by atoms with Crippen molar-refractivity contribution >= 4 is 26.0 Å². The van der Waals surface area contributed by atoms with Gasteiger partial charge >= 0.3 is 0 Å². The molecule has 1 aromatic heterocycles. The van der Waals surface area contributed by atoms with Crippen molar-refractivity contribution in [3.8, 4) is 0 Å². The quantitative estimate of drug-likeness (QED) is 0.531. The molecular weight excluding hydrogens is 145 g/mol. The molecule has 50 valence electrons. The van der Waals surface area contributed by atoms with Crippen LogP contribution in [-0.2, 0) is 0 Å². The normalized spacial score (nSPS) is 10.5. The Hall–Kier alpha value is -0.880. The van der Waals surface area contributed by atoms with Gasteiger partial charge in [-0.1, -0.05) is 12.1 Å². The van der Waals surface area contributed by atoms with Gasteiger partial charge in [-0.25, -0.2) is 4.98 Å². The summed E-state index contributed by atoms with van der Waals surface area (Å²) in [5, 5.41) is 0. The van der Waals surface area contributed by atoms with Gasteiger partial charge in [0.1, 0.15) is 5.52 Å². The highest BCUT2D eigenvalue weighted by Crippen LogP contribution is 2.09. The van der Waals surface area contributed by atoms with Crippen molar-refractivity contribution < 1.29 is 4.42 Å². The average Bonchev–Trinajstić information content (AvgIpc) is 2.27. The Balaban J connectivity index is 2.88. The number of oxazole rings is 1. The van der Waals surface area contributed by atoms with Crippen molar-refractivity contribution in [2.24, 2.45) is 0 Å². The number of nitrogens with zero attached hydrogens (tertiary/aromatic N) is 1. The molecule has 10 heavy (non-hydrogen) atoms. The summed E-state index contributed by atoms with van der Waals surface area (Å²) in [5.74, 6) is 0. The molecule has 0 saturated carbocycles. The predicted octanol–water partition coefficient (Wildman–Crippen LogP) is 1.33. The van der Waals surface area contributed by atoms with E-state index in [-0.39, 0.29) is 0 Å². The molecule has 2 aromatic rings. The second-order valence-corrected chi connectivity index (χ2v) is 2.51. The van der Waals surface area contributed by atoms with Crippen LogP contribution in [0.25, 0.3) is 11.1 Å². The van der Waals surface area contributed by atoms with E-state index in [1.165, 1.54) is 0 Å². The summed E-state index contributed by atoms with van der Waals surface area (Å²) in [4.78, 5) is 4.11. The first-order valence-electron chi connectivity index (χ1n) is 2.97. The third kappa shape index (κ3) is 0.812. The smallest absolute Gasteiger partial charge is 0.211 e. The van der Waals surface area contributed by atoms with Crippen molar-refractivity contribution in [1.29, 1.82) is 0 Å². The van der Waals surface area contributed by atoms with Gasteiger partial charge in [0.15, 0.2) is 5.58 Å². The van der Waals surface area contributed by atoms with Crippen LogP contribution in [0.4, 0.5) is 0 Å². The van der Waals surface area contributed by atoms with Crippen molar-refractivity contribution in [2.75, 3.05) is 0 Å². The van der Waals surface area contributed by atoms with Crippen LogP contribution in [0, 0.1) is 0 Å². The molecule has 0 spiro atoms. The van der Waals surface area contributed by atoms with E-state index in [0.29, 0.717) is 5.63 Å². The molecule has 2 nitrogen and oxygen atoms in total. The van der Waals surface area contributed by atoms with Crippen LogP contribution >= 0.6 is 9.24 Å². The van der Waals surface area contributed by atoms with E-state index in [4.69, 9.17) is 4.42 Å². The van der Waals surface area contributed by atoms with Crippen molar-refractivity contribution in [3.05, 3.63) is 24.3 Å². The summed E-state index contributed by atoms with van der Waals surface area (Å²) in [6.07, 6.45) is 0. The second kappa shape index (κ2) is 2.06. The third-order valence-corrected chi connectivity index (χ3v) is 1.56. The standard InChI is InChI=1S/C7H6NOP/c10-7-8-5-3-1-2-4-6(5)9-7/h1-4H,10H2. The van der Waals surface area contributed by atoms with E-state index in [1.807, 2.05) is 24.3 Å². The number of para-hydroxylation sites is 2. The predicted molar refractivity (Wildman–Crippen MR) is 43.4 cm³/mol. The molecule has 1 aromatic carbocycles. The molecular formula is C7H6NOP. The van der Waals surface area contributed by atoms with E-state index < -0.39 is 0 Å². The minimum atomic E-state index is 0.640. The molecule has 1 atom stereocenters. The number of aromatic nitrogens is 1. The summed E-state index contributed by atoms with van der Waals surface area (Å²) in [6, 6.07) is 7.69. The van der Waals surface area contributed by atoms with Crippen molar-refractivity contribution in [1.82, 2.24) is 4.98 Å². The lowest BCUT2D eigenvalue weighted by Gasteiger charge is -1.79. The molecule has 0 N–H and O–H groups in total. The van der Waals surface area contributed by atoms with Gasteiger partial charge in [0, 0.05) is 0 Å². The van der Waals surface area contributed by atoms with Gasteiger partial charge in [-0.2, -0.15) is 0 Å². The Morgan fingerprint density at radius 3 is 2.90 bits per heavy atom. The molecule has 0 fully saturated rings. The van der Waals surface area contributed by atoms with E-state index in [9.17, 15) is 0 Å². The van der Waals surface area contributed by atoms with Crippen LogP contribution in [0.15, 0.2) is 28.7 Å². The number of fused-ring (bicyclic) bond motifs is 1. The van der Waals surface area contributed by atoms with Crippen LogP contribution in [0.1, 0.15) is 0 Å². The Kier molecular flexibility index (Phi) is 1.21. The fourth-order valence-corrected chi connectivity index (χ4v) is 1.16. The van der Waals surface area contributed by atoms with Crippen molar-refractivity contribution in [3.63, 3.8) is 0 Å². The summed E-state index contributed by atoms with van der Waals surface area (Å²) in [5.41, 5.74) is 2.39. The molecule has 0 amide bonds. The lowest BCUT2D eigenvalue weighted by Crippen LogP contribution is -1.84. The number of hydrogen-bond acceptors (Lipinski definition) is 2. The molecule has 1 unspecified atom stereocenters. The first-order chi connectivity index (χ1) is 4.86. The van der Waals surface area contributed by atoms with Gasteiger partial charge in [0.05, 0.1) is 0 Å². The fraction of sp³-hybridized carbons (Fsp3) is 0. The topological polar surface area (TPSA) is 26.0 Å². The highest BCUT2D eigenvalue weighted by Gasteiger charge is 1.97. The molecule has 0 bridgehead atoms. The Morgan fingerprint density at radius 1 is 1.30 bits per heavy atom. The zero-order valence-corrected chi connectivity index (χ0v) is 6.40. The van der Waals surface area contributed by atoms with Crippen LogP contribution < -0.4 is 5.63 Å². The van der Waals surface area contributed by atoms with Crippen molar-refractivity contribution in [2.45, 2.75) is 0 Å². The van der Waals surface area contributed by atoms with Gasteiger partial charge in [0.2, 0.25) is 5.63 Å². The Bertz CT molecular complexity index is 322. The van der Waals surface area contributed by atoms with Gasteiger partial charge in [0.25, 0.3) is 0 Å². The summed E-state index contributed by atoms with van der Waals surface area (Å²) >= 11 is 0. The lowest BCUT2D eigenvalue weighted by molar-refractivity contribution is 0.646. The monoisotopic (exact) mass is 151 g/mol. The number of benzene rings is 1.